The van der Waals surface area contributed by atoms with E-state index in [9.17, 15) is 27.2 Å². The maximum Gasteiger partial charge on any atom is 0.341 e. The number of benzene rings is 2. The van der Waals surface area contributed by atoms with Crippen LogP contribution in [-0.2, 0) is 19.6 Å². The van der Waals surface area contributed by atoms with E-state index in [2.05, 4.69) is 5.32 Å². The lowest BCUT2D eigenvalue weighted by atomic mass is 10.1. The highest BCUT2D eigenvalue weighted by Crippen LogP contribution is 2.28. The fourth-order valence-electron chi connectivity index (χ4n) is 3.08. The van der Waals surface area contributed by atoms with Gasteiger partial charge in [0.2, 0.25) is 10.0 Å². The Bertz CT molecular complexity index is 1180. The molecule has 1 N–H and O–H groups in total. The molecule has 0 aromatic heterocycles. The molecule has 32 heavy (non-hydrogen) atoms. The Morgan fingerprint density at radius 3 is 2.56 bits per heavy atom. The molecule has 2 aromatic carbocycles. The summed E-state index contributed by atoms with van der Waals surface area (Å²) >= 11 is 0. The lowest BCUT2D eigenvalue weighted by molar-refractivity contribution is -0.118. The van der Waals surface area contributed by atoms with Crippen molar-refractivity contribution >= 4 is 33.4 Å². The van der Waals surface area contributed by atoms with Gasteiger partial charge < -0.3 is 14.8 Å². The molecule has 0 spiro atoms. The molecule has 0 unspecified atom stereocenters. The number of carbonyl (C=O) groups excluding carboxylic acids is 3. The number of Topliss-reactive ketones (excluding diaryl/α,β-unsaturated/α-hetero) is 1. The molecule has 11 heteroatoms. The smallest absolute Gasteiger partial charge is 0.341 e. The minimum atomic E-state index is -3.92. The van der Waals surface area contributed by atoms with Crippen molar-refractivity contribution < 1.29 is 36.7 Å². The fraction of sp³-hybridized carbons (Fsp3) is 0.286. The number of fused-ring (bicyclic) bond motifs is 1. The van der Waals surface area contributed by atoms with E-state index in [0.717, 1.165) is 22.5 Å². The maximum absolute atomic E-state index is 14.2. The molecule has 9 nitrogen and oxygen atoms in total. The molecular formula is C21H21FN2O7S. The van der Waals surface area contributed by atoms with Crippen LogP contribution in [0.5, 0.6) is 5.75 Å². The molecule has 0 saturated heterocycles. The number of esters is 1. The summed E-state index contributed by atoms with van der Waals surface area (Å²) in [5, 5.41) is 2.56. The van der Waals surface area contributed by atoms with Crippen LogP contribution >= 0.6 is 0 Å². The van der Waals surface area contributed by atoms with Crippen LogP contribution in [0.4, 0.5) is 10.1 Å². The van der Waals surface area contributed by atoms with E-state index in [1.54, 1.807) is 13.8 Å². The molecule has 0 saturated carbocycles. The topological polar surface area (TPSA) is 119 Å². The van der Waals surface area contributed by atoms with Gasteiger partial charge in [0.1, 0.15) is 11.6 Å². The number of sulfonamides is 1. The monoisotopic (exact) mass is 464 g/mol. The SMILES string of the molecule is CCN(CC)S(=O)(=O)c1ccc(F)c(C(=O)OCC(=O)c2ccc3c(c2)NC(=O)CO3)c1. The van der Waals surface area contributed by atoms with Crippen LogP contribution < -0.4 is 10.1 Å². The van der Waals surface area contributed by atoms with Crippen molar-refractivity contribution in [3.63, 3.8) is 0 Å². The van der Waals surface area contributed by atoms with Crippen LogP contribution in [0, 0.1) is 5.82 Å². The maximum atomic E-state index is 14.2. The Hall–Kier alpha value is -3.31. The van der Waals surface area contributed by atoms with Crippen LogP contribution in [0.1, 0.15) is 34.6 Å². The molecule has 0 radical (unpaired) electrons. The molecule has 170 valence electrons. The number of ether oxygens (including phenoxy) is 2. The molecule has 1 aliphatic rings. The van der Waals surface area contributed by atoms with E-state index in [-0.39, 0.29) is 36.1 Å². The number of rotatable bonds is 8. The zero-order chi connectivity index (χ0) is 23.5. The van der Waals surface area contributed by atoms with Gasteiger partial charge in [-0.05, 0) is 36.4 Å². The van der Waals surface area contributed by atoms with Crippen LogP contribution in [0.2, 0.25) is 0 Å². The Balaban J connectivity index is 1.74. The summed E-state index contributed by atoms with van der Waals surface area (Å²) in [7, 11) is -3.92. The van der Waals surface area contributed by atoms with Gasteiger partial charge >= 0.3 is 5.97 Å². The number of nitrogens with one attached hydrogen (secondary N) is 1. The fourth-order valence-corrected chi connectivity index (χ4v) is 4.57. The lowest BCUT2D eigenvalue weighted by Crippen LogP contribution is -2.30. The van der Waals surface area contributed by atoms with Crippen molar-refractivity contribution in [2.75, 3.05) is 31.6 Å². The second kappa shape index (κ2) is 9.45. The highest BCUT2D eigenvalue weighted by Gasteiger charge is 2.25. The first kappa shape index (κ1) is 23.4. The zero-order valence-electron chi connectivity index (χ0n) is 17.4. The minimum Gasteiger partial charge on any atom is -0.482 e. The summed E-state index contributed by atoms with van der Waals surface area (Å²) in [5.74, 6) is -2.74. The van der Waals surface area contributed by atoms with Gasteiger partial charge in [0.15, 0.2) is 19.0 Å². The third kappa shape index (κ3) is 4.78. The summed E-state index contributed by atoms with van der Waals surface area (Å²) < 4.78 is 50.7. The van der Waals surface area contributed by atoms with Crippen LogP contribution in [0.15, 0.2) is 41.3 Å². The number of hydrogen-bond donors (Lipinski definition) is 1. The molecule has 0 fully saturated rings. The highest BCUT2D eigenvalue weighted by molar-refractivity contribution is 7.89. The van der Waals surface area contributed by atoms with Crippen molar-refractivity contribution in [3.05, 3.63) is 53.3 Å². The van der Waals surface area contributed by atoms with Crippen LogP contribution in [0.3, 0.4) is 0 Å². The molecule has 1 amide bonds. The number of amides is 1. The van der Waals surface area contributed by atoms with Crippen molar-refractivity contribution in [2.24, 2.45) is 0 Å². The van der Waals surface area contributed by atoms with E-state index < -0.39 is 39.8 Å². The van der Waals surface area contributed by atoms with E-state index in [1.165, 1.54) is 18.2 Å². The summed E-state index contributed by atoms with van der Waals surface area (Å²) in [4.78, 5) is 35.9. The third-order valence-corrected chi connectivity index (χ3v) is 6.82. The Labute approximate surface area is 184 Å². The number of halogens is 1. The Morgan fingerprint density at radius 1 is 1.16 bits per heavy atom. The van der Waals surface area contributed by atoms with Crippen molar-refractivity contribution in [2.45, 2.75) is 18.7 Å². The molecule has 3 rings (SSSR count). The molecule has 1 heterocycles. The van der Waals surface area contributed by atoms with Gasteiger partial charge in [-0.3, -0.25) is 9.59 Å². The standard InChI is InChI=1S/C21H21FN2O7S/c1-3-24(4-2)32(28,29)14-6-7-16(22)15(10-14)21(27)31-11-18(25)13-5-8-19-17(9-13)23-20(26)12-30-19/h5-10H,3-4,11-12H2,1-2H3,(H,23,26). The molecule has 0 atom stereocenters. The quantitative estimate of drug-likeness (QED) is 0.470. The summed E-state index contributed by atoms with van der Waals surface area (Å²) in [5.41, 5.74) is -0.156. The third-order valence-electron chi connectivity index (χ3n) is 4.77. The van der Waals surface area contributed by atoms with Gasteiger partial charge in [-0.2, -0.15) is 4.31 Å². The number of carbonyl (C=O) groups is 3. The van der Waals surface area contributed by atoms with Gasteiger partial charge in [0.05, 0.1) is 16.1 Å². The van der Waals surface area contributed by atoms with Gasteiger partial charge in [-0.1, -0.05) is 13.8 Å². The van der Waals surface area contributed by atoms with E-state index >= 15 is 0 Å². The zero-order valence-corrected chi connectivity index (χ0v) is 18.2. The highest BCUT2D eigenvalue weighted by atomic mass is 32.2. The molecule has 0 aliphatic carbocycles. The molecular weight excluding hydrogens is 443 g/mol. The summed E-state index contributed by atoms with van der Waals surface area (Å²) in [6.07, 6.45) is 0. The summed E-state index contributed by atoms with van der Waals surface area (Å²) in [6.45, 7) is 2.88. The number of anilines is 1. The predicted molar refractivity (Wildman–Crippen MR) is 112 cm³/mol. The largest absolute Gasteiger partial charge is 0.482 e. The lowest BCUT2D eigenvalue weighted by Gasteiger charge is -2.19. The summed E-state index contributed by atoms with van der Waals surface area (Å²) in [6, 6.07) is 7.12. The van der Waals surface area contributed by atoms with E-state index in [0.29, 0.717) is 11.4 Å². The predicted octanol–water partition coefficient (Wildman–Crippen LogP) is 2.23. The molecule has 0 bridgehead atoms. The first-order valence-corrected chi connectivity index (χ1v) is 11.2. The normalized spacial score (nSPS) is 13.2. The molecule has 2 aromatic rings. The van der Waals surface area contributed by atoms with E-state index in [1.807, 2.05) is 0 Å². The Morgan fingerprint density at radius 2 is 1.88 bits per heavy atom. The number of ketones is 1. The number of hydrogen-bond acceptors (Lipinski definition) is 7. The van der Waals surface area contributed by atoms with Crippen LogP contribution in [-0.4, -0.2) is 56.7 Å². The molecule has 1 aliphatic heterocycles. The number of nitrogens with zero attached hydrogens (tertiary/aromatic N) is 1. The first-order chi connectivity index (χ1) is 15.2. The average Bonchev–Trinajstić information content (AvgIpc) is 2.77. The first-order valence-electron chi connectivity index (χ1n) is 9.74. The second-order valence-corrected chi connectivity index (χ2v) is 8.72. The average molecular weight is 464 g/mol. The van der Waals surface area contributed by atoms with Crippen molar-refractivity contribution in [1.29, 1.82) is 0 Å². The van der Waals surface area contributed by atoms with Crippen LogP contribution in [0.25, 0.3) is 0 Å². The van der Waals surface area contributed by atoms with Gasteiger partial charge in [-0.25, -0.2) is 17.6 Å². The van der Waals surface area contributed by atoms with Crippen molar-refractivity contribution in [1.82, 2.24) is 4.31 Å². The minimum absolute atomic E-state index is 0.132. The Kier molecular flexibility index (Phi) is 6.90. The van der Waals surface area contributed by atoms with Gasteiger partial charge in [0.25, 0.3) is 5.91 Å². The van der Waals surface area contributed by atoms with Gasteiger partial charge in [-0.15, -0.1) is 0 Å². The van der Waals surface area contributed by atoms with E-state index in [4.69, 9.17) is 9.47 Å². The van der Waals surface area contributed by atoms with Crippen molar-refractivity contribution in [3.8, 4) is 5.75 Å². The van der Waals surface area contributed by atoms with Gasteiger partial charge in [0, 0.05) is 18.7 Å². The second-order valence-electron chi connectivity index (χ2n) is 6.78.